The van der Waals surface area contributed by atoms with Gasteiger partial charge in [0.05, 0.1) is 12.7 Å². The van der Waals surface area contributed by atoms with Crippen molar-refractivity contribution in [3.63, 3.8) is 0 Å². The summed E-state index contributed by atoms with van der Waals surface area (Å²) in [7, 11) is 0. The Kier molecular flexibility index (Phi) is 8.47. The molecule has 10 heteroatoms. The van der Waals surface area contributed by atoms with Crippen LogP contribution in [-0.4, -0.2) is 45.8 Å². The molecular weight excluding hydrogens is 548 g/mol. The predicted molar refractivity (Wildman–Crippen MR) is 152 cm³/mol. The molecule has 204 valence electrons. The van der Waals surface area contributed by atoms with Crippen molar-refractivity contribution >= 4 is 46.9 Å². The number of nitrogens with zero attached hydrogens (tertiary/aromatic N) is 1. The van der Waals surface area contributed by atoms with Gasteiger partial charge in [-0.05, 0) is 34.2 Å². The summed E-state index contributed by atoms with van der Waals surface area (Å²) in [5.41, 5.74) is 2.09. The van der Waals surface area contributed by atoms with E-state index in [-0.39, 0.29) is 18.0 Å². The van der Waals surface area contributed by atoms with Crippen LogP contribution in [0.5, 0.6) is 0 Å². The summed E-state index contributed by atoms with van der Waals surface area (Å²) >= 11 is 2.88. The van der Waals surface area contributed by atoms with Gasteiger partial charge < -0.3 is 14.8 Å². The van der Waals surface area contributed by atoms with Gasteiger partial charge in [0, 0.05) is 17.6 Å². The molecule has 0 spiro atoms. The molecule has 0 bridgehead atoms. The third-order valence-electron chi connectivity index (χ3n) is 6.36. The first kappa shape index (κ1) is 27.4. The van der Waals surface area contributed by atoms with E-state index in [0.29, 0.717) is 11.3 Å². The molecule has 0 radical (unpaired) electrons. The molecule has 5 rings (SSSR count). The van der Waals surface area contributed by atoms with Crippen LogP contribution in [0.3, 0.4) is 0 Å². The Hall–Kier alpha value is -4.15. The van der Waals surface area contributed by atoms with Crippen molar-refractivity contribution in [2.45, 2.75) is 30.9 Å². The van der Waals surface area contributed by atoms with E-state index >= 15 is 0 Å². The number of carbonyl (C=O) groups excluding carboxylic acids is 4. The van der Waals surface area contributed by atoms with Crippen molar-refractivity contribution in [3.8, 4) is 0 Å². The summed E-state index contributed by atoms with van der Waals surface area (Å²) in [5, 5.41) is 4.24. The summed E-state index contributed by atoms with van der Waals surface area (Å²) in [6.45, 7) is 1.27. The first-order chi connectivity index (χ1) is 19.4. The number of fused-ring (bicyclic) bond motifs is 1. The summed E-state index contributed by atoms with van der Waals surface area (Å²) in [6, 6.07) is 21.6. The maximum absolute atomic E-state index is 13.8. The molecule has 8 nitrogen and oxygen atoms in total. The summed E-state index contributed by atoms with van der Waals surface area (Å²) < 4.78 is 11.0. The van der Waals surface area contributed by atoms with Crippen molar-refractivity contribution < 1.29 is 28.7 Å². The second-order valence-corrected chi connectivity index (χ2v) is 11.2. The van der Waals surface area contributed by atoms with Crippen LogP contribution in [-0.2, 0) is 35.1 Å². The van der Waals surface area contributed by atoms with Crippen LogP contribution in [0, 0.1) is 0 Å². The molecule has 1 saturated heterocycles. The Balaban J connectivity index is 1.41. The highest BCUT2D eigenvalue weighted by atomic mass is 32.2. The third kappa shape index (κ3) is 6.03. The van der Waals surface area contributed by atoms with E-state index in [1.54, 1.807) is 0 Å². The first-order valence-electron chi connectivity index (χ1n) is 12.6. The highest BCUT2D eigenvalue weighted by molar-refractivity contribution is 8.00. The second-order valence-electron chi connectivity index (χ2n) is 9.10. The molecule has 3 aromatic rings. The molecule has 40 heavy (non-hydrogen) atoms. The number of hydrogen-bond acceptors (Lipinski definition) is 8. The number of amides is 2. The summed E-state index contributed by atoms with van der Waals surface area (Å²) in [5.74, 6) is -1.53. The minimum atomic E-state index is -0.765. The molecule has 1 aromatic heterocycles. The molecule has 2 atom stereocenters. The van der Waals surface area contributed by atoms with Gasteiger partial charge in [0.1, 0.15) is 17.1 Å². The number of benzene rings is 2. The monoisotopic (exact) mass is 574 g/mol. The van der Waals surface area contributed by atoms with Gasteiger partial charge in [-0.2, -0.15) is 0 Å². The molecule has 2 aliphatic heterocycles. The quantitative estimate of drug-likeness (QED) is 0.230. The Morgan fingerprint density at radius 1 is 1.02 bits per heavy atom. The van der Waals surface area contributed by atoms with Crippen molar-refractivity contribution in [3.05, 3.63) is 118 Å². The largest absolute Gasteiger partial charge is 0.448 e. The molecular formula is C30H26N2O6S2. The van der Waals surface area contributed by atoms with E-state index in [2.05, 4.69) is 5.32 Å². The number of hydrogen-bond donors (Lipinski definition) is 1. The number of thioether (sulfide) groups is 1. The van der Waals surface area contributed by atoms with E-state index in [1.807, 2.05) is 78.2 Å². The van der Waals surface area contributed by atoms with Gasteiger partial charge >= 0.3 is 11.9 Å². The van der Waals surface area contributed by atoms with Gasteiger partial charge in [0.25, 0.3) is 5.91 Å². The fourth-order valence-electron chi connectivity index (χ4n) is 4.52. The standard InChI is InChI=1S/C30H26N2O6S2/c1-19(33)37-15-14-22-18-40-29-25(31-24(34)17-23-13-8-16-39-23)28(35)32(29)26(22)30(36)38-27(20-9-4-2-5-10-20)21-11-6-3-7-12-21/h2-16,25,27,29H,17-18H2,1H3,(H,31,34)/b15-14+. The van der Waals surface area contributed by atoms with Crippen molar-refractivity contribution in [2.24, 2.45) is 0 Å². The van der Waals surface area contributed by atoms with Crippen LogP contribution >= 0.6 is 23.1 Å². The number of nitrogens with one attached hydrogen (secondary N) is 1. The highest BCUT2D eigenvalue weighted by Crippen LogP contribution is 2.42. The average molecular weight is 575 g/mol. The molecule has 2 aliphatic rings. The van der Waals surface area contributed by atoms with Gasteiger partial charge in [0.15, 0.2) is 6.10 Å². The normalized spacial score (nSPS) is 18.4. The smallest absolute Gasteiger partial charge is 0.356 e. The first-order valence-corrected chi connectivity index (χ1v) is 14.5. The van der Waals surface area contributed by atoms with Crippen LogP contribution in [0.15, 0.2) is 102 Å². The van der Waals surface area contributed by atoms with E-state index in [0.717, 1.165) is 16.0 Å². The Labute approximate surface area is 239 Å². The van der Waals surface area contributed by atoms with Crippen LogP contribution in [0.2, 0.25) is 0 Å². The zero-order chi connectivity index (χ0) is 28.1. The van der Waals surface area contributed by atoms with Crippen LogP contribution in [0.4, 0.5) is 0 Å². The topological polar surface area (TPSA) is 102 Å². The molecule has 2 amide bonds. The fraction of sp³-hybridized carbons (Fsp3) is 0.200. The Bertz CT molecular complexity index is 1410. The zero-order valence-corrected chi connectivity index (χ0v) is 23.2. The Morgan fingerprint density at radius 2 is 1.70 bits per heavy atom. The lowest BCUT2D eigenvalue weighted by Crippen LogP contribution is -2.70. The minimum absolute atomic E-state index is 0.0674. The maximum Gasteiger partial charge on any atom is 0.356 e. The highest BCUT2D eigenvalue weighted by Gasteiger charge is 2.54. The van der Waals surface area contributed by atoms with Gasteiger partial charge in [0.2, 0.25) is 5.91 Å². The van der Waals surface area contributed by atoms with E-state index in [4.69, 9.17) is 9.47 Å². The Morgan fingerprint density at radius 3 is 2.30 bits per heavy atom. The summed E-state index contributed by atoms with van der Waals surface area (Å²) in [4.78, 5) is 53.4. The van der Waals surface area contributed by atoms with Gasteiger partial charge in [-0.1, -0.05) is 66.7 Å². The lowest BCUT2D eigenvalue weighted by atomic mass is 10.0. The molecule has 2 aromatic carbocycles. The van der Waals surface area contributed by atoms with Crippen molar-refractivity contribution in [1.29, 1.82) is 0 Å². The van der Waals surface area contributed by atoms with Gasteiger partial charge in [-0.3, -0.25) is 19.3 Å². The molecule has 1 N–H and O–H groups in total. The number of esters is 2. The molecule has 0 aliphatic carbocycles. The predicted octanol–water partition coefficient (Wildman–Crippen LogP) is 4.35. The lowest BCUT2D eigenvalue weighted by molar-refractivity contribution is -0.154. The number of thiophene rings is 1. The zero-order valence-electron chi connectivity index (χ0n) is 21.5. The average Bonchev–Trinajstić information content (AvgIpc) is 3.48. The molecule has 2 unspecified atom stereocenters. The number of carbonyl (C=O) groups is 4. The SMILES string of the molecule is CC(=O)O/C=C/C1=C(C(=O)OC(c2ccccc2)c2ccccc2)N2C(=O)C(NC(=O)Cc3cccs3)C2SC1. The number of β-lactam (4-membered cyclic amide) rings is 1. The van der Waals surface area contributed by atoms with E-state index in [9.17, 15) is 19.2 Å². The molecule has 0 saturated carbocycles. The van der Waals surface area contributed by atoms with E-state index in [1.165, 1.54) is 47.3 Å². The molecule has 1 fully saturated rings. The third-order valence-corrected chi connectivity index (χ3v) is 8.53. The number of rotatable bonds is 9. The van der Waals surface area contributed by atoms with Crippen LogP contribution in [0.25, 0.3) is 0 Å². The lowest BCUT2D eigenvalue weighted by Gasteiger charge is -2.49. The van der Waals surface area contributed by atoms with Gasteiger partial charge in [-0.15, -0.1) is 23.1 Å². The fourth-order valence-corrected chi connectivity index (χ4v) is 6.54. The van der Waals surface area contributed by atoms with Crippen LogP contribution < -0.4 is 5.32 Å². The van der Waals surface area contributed by atoms with Crippen molar-refractivity contribution in [2.75, 3.05) is 5.75 Å². The van der Waals surface area contributed by atoms with Crippen molar-refractivity contribution in [1.82, 2.24) is 10.2 Å². The minimum Gasteiger partial charge on any atom is -0.448 e. The van der Waals surface area contributed by atoms with Crippen LogP contribution in [0.1, 0.15) is 29.0 Å². The molecule has 3 heterocycles. The maximum atomic E-state index is 13.8. The number of ether oxygens (including phenoxy) is 2. The van der Waals surface area contributed by atoms with E-state index < -0.39 is 35.4 Å². The second kappa shape index (κ2) is 12.4. The number of allylic oxidation sites excluding steroid dienone is 1. The summed E-state index contributed by atoms with van der Waals surface area (Å²) in [6.07, 6.45) is 2.15. The van der Waals surface area contributed by atoms with Gasteiger partial charge in [-0.25, -0.2) is 4.79 Å².